The van der Waals surface area contributed by atoms with Crippen LogP contribution in [0, 0.1) is 0 Å². The fourth-order valence-corrected chi connectivity index (χ4v) is 3.78. The summed E-state index contributed by atoms with van der Waals surface area (Å²) in [6.45, 7) is 2.19. The summed E-state index contributed by atoms with van der Waals surface area (Å²) in [6, 6.07) is 19.0. The number of hydrogen-bond donors (Lipinski definition) is 2. The van der Waals surface area contributed by atoms with Crippen LogP contribution < -0.4 is 5.32 Å². The summed E-state index contributed by atoms with van der Waals surface area (Å²) in [4.78, 5) is 2.31. The SMILES string of the molecule is CC(NC(c1cccc(-c2nn[nH]n2)c1)N1C=CSC1)c1ccccc1. The first kappa shape index (κ1) is 16.8. The summed E-state index contributed by atoms with van der Waals surface area (Å²) in [7, 11) is 0. The van der Waals surface area contributed by atoms with Crippen LogP contribution in [0.15, 0.2) is 66.2 Å². The molecule has 1 aromatic heterocycles. The molecule has 0 spiro atoms. The van der Waals surface area contributed by atoms with E-state index < -0.39 is 0 Å². The summed E-state index contributed by atoms with van der Waals surface area (Å²) >= 11 is 1.80. The second-order valence-corrected chi connectivity index (χ2v) is 7.02. The Labute approximate surface area is 156 Å². The summed E-state index contributed by atoms with van der Waals surface area (Å²) in [6.07, 6.45) is 2.20. The van der Waals surface area contributed by atoms with Crippen molar-refractivity contribution in [1.29, 1.82) is 0 Å². The van der Waals surface area contributed by atoms with E-state index in [1.165, 1.54) is 11.1 Å². The summed E-state index contributed by atoms with van der Waals surface area (Å²) in [5, 5.41) is 20.3. The lowest BCUT2D eigenvalue weighted by Gasteiger charge is -2.32. The van der Waals surface area contributed by atoms with E-state index in [1.807, 2.05) is 18.2 Å². The van der Waals surface area contributed by atoms with Gasteiger partial charge >= 0.3 is 0 Å². The third kappa shape index (κ3) is 3.63. The number of aromatic amines is 1. The molecule has 2 aromatic carbocycles. The minimum absolute atomic E-state index is 0.0586. The first-order valence-electron chi connectivity index (χ1n) is 8.50. The Hall–Kier alpha value is -2.64. The Bertz CT molecular complexity index is 865. The van der Waals surface area contributed by atoms with Crippen molar-refractivity contribution in [2.45, 2.75) is 19.1 Å². The fourth-order valence-electron chi connectivity index (χ4n) is 3.04. The van der Waals surface area contributed by atoms with Gasteiger partial charge in [0.15, 0.2) is 0 Å². The van der Waals surface area contributed by atoms with Gasteiger partial charge in [-0.2, -0.15) is 5.21 Å². The average molecular weight is 364 g/mol. The molecule has 6 nitrogen and oxygen atoms in total. The largest absolute Gasteiger partial charge is 0.348 e. The number of hydrogen-bond acceptors (Lipinski definition) is 6. The second kappa shape index (κ2) is 7.72. The first-order chi connectivity index (χ1) is 12.8. The van der Waals surface area contributed by atoms with E-state index in [-0.39, 0.29) is 12.2 Å². The summed E-state index contributed by atoms with van der Waals surface area (Å²) < 4.78 is 0. The number of nitrogens with one attached hydrogen (secondary N) is 2. The van der Waals surface area contributed by atoms with Gasteiger partial charge in [-0.1, -0.05) is 48.5 Å². The number of aromatic nitrogens is 4. The highest BCUT2D eigenvalue weighted by Gasteiger charge is 2.23. The van der Waals surface area contributed by atoms with Crippen molar-refractivity contribution in [3.05, 3.63) is 77.3 Å². The highest BCUT2D eigenvalue weighted by Crippen LogP contribution is 2.30. The van der Waals surface area contributed by atoms with Crippen LogP contribution in [0.25, 0.3) is 11.4 Å². The summed E-state index contributed by atoms with van der Waals surface area (Å²) in [5.41, 5.74) is 3.39. The summed E-state index contributed by atoms with van der Waals surface area (Å²) in [5.74, 6) is 1.53. The maximum absolute atomic E-state index is 4.09. The van der Waals surface area contributed by atoms with Crippen molar-refractivity contribution in [2.75, 3.05) is 5.88 Å². The zero-order chi connectivity index (χ0) is 17.8. The molecule has 0 amide bonds. The lowest BCUT2D eigenvalue weighted by atomic mass is 10.0. The van der Waals surface area contributed by atoms with E-state index in [2.05, 4.69) is 85.8 Å². The molecule has 0 bridgehead atoms. The molecule has 4 rings (SSSR count). The first-order valence-corrected chi connectivity index (χ1v) is 9.55. The smallest absolute Gasteiger partial charge is 0.204 e. The topological polar surface area (TPSA) is 69.7 Å². The van der Waals surface area contributed by atoms with E-state index >= 15 is 0 Å². The quantitative estimate of drug-likeness (QED) is 0.695. The number of H-pyrrole nitrogens is 1. The monoisotopic (exact) mass is 364 g/mol. The maximum atomic E-state index is 4.09. The molecule has 1 aliphatic rings. The van der Waals surface area contributed by atoms with E-state index in [1.54, 1.807) is 11.8 Å². The van der Waals surface area contributed by atoms with Crippen molar-refractivity contribution < 1.29 is 0 Å². The predicted molar refractivity (Wildman–Crippen MR) is 104 cm³/mol. The third-order valence-corrected chi connectivity index (χ3v) is 5.18. The molecule has 7 heteroatoms. The van der Waals surface area contributed by atoms with Gasteiger partial charge in [0, 0.05) is 17.8 Å². The maximum Gasteiger partial charge on any atom is 0.204 e. The number of tetrazole rings is 1. The van der Waals surface area contributed by atoms with E-state index in [9.17, 15) is 0 Å². The van der Waals surface area contributed by atoms with Gasteiger partial charge in [-0.05, 0) is 34.7 Å². The minimum atomic E-state index is 0.0586. The van der Waals surface area contributed by atoms with Gasteiger partial charge in [0.2, 0.25) is 5.82 Å². The van der Waals surface area contributed by atoms with E-state index in [0.29, 0.717) is 5.82 Å². The minimum Gasteiger partial charge on any atom is -0.348 e. The van der Waals surface area contributed by atoms with Crippen LogP contribution in [0.2, 0.25) is 0 Å². The molecule has 2 unspecified atom stereocenters. The van der Waals surface area contributed by atoms with Crippen LogP contribution in [0.3, 0.4) is 0 Å². The number of thioether (sulfide) groups is 1. The van der Waals surface area contributed by atoms with Crippen LogP contribution in [-0.2, 0) is 0 Å². The van der Waals surface area contributed by atoms with Gasteiger partial charge in [0.25, 0.3) is 0 Å². The van der Waals surface area contributed by atoms with Crippen molar-refractivity contribution >= 4 is 11.8 Å². The molecule has 0 aliphatic carbocycles. The number of rotatable bonds is 6. The van der Waals surface area contributed by atoms with Crippen LogP contribution in [0.1, 0.15) is 30.3 Å². The standard InChI is InChI=1S/C19H20N6S/c1-14(15-6-3-2-4-7-15)20-19(25-10-11-26-13-25)17-9-5-8-16(12-17)18-21-23-24-22-18/h2-12,14,19-20H,13H2,1H3,(H,21,22,23,24). The van der Waals surface area contributed by atoms with Crippen LogP contribution in [0.5, 0.6) is 0 Å². The number of benzene rings is 2. The Kier molecular flexibility index (Phi) is 4.99. The van der Waals surface area contributed by atoms with Gasteiger partial charge < -0.3 is 4.90 Å². The molecule has 0 radical (unpaired) electrons. The Morgan fingerprint density at radius 2 is 1.96 bits per heavy atom. The lowest BCUT2D eigenvalue weighted by Crippen LogP contribution is -2.35. The lowest BCUT2D eigenvalue weighted by molar-refractivity contribution is 0.254. The second-order valence-electron chi connectivity index (χ2n) is 6.16. The van der Waals surface area contributed by atoms with Gasteiger partial charge in [0.05, 0.1) is 5.88 Å². The Morgan fingerprint density at radius 1 is 1.12 bits per heavy atom. The average Bonchev–Trinajstić information content (AvgIpc) is 3.40. The normalized spacial score (nSPS) is 16.0. The van der Waals surface area contributed by atoms with Gasteiger partial charge in [0.1, 0.15) is 6.17 Å². The highest BCUT2D eigenvalue weighted by atomic mass is 32.2. The molecule has 1 aliphatic heterocycles. The van der Waals surface area contributed by atoms with Crippen molar-refractivity contribution in [3.8, 4) is 11.4 Å². The van der Waals surface area contributed by atoms with Crippen molar-refractivity contribution in [1.82, 2.24) is 30.8 Å². The van der Waals surface area contributed by atoms with Gasteiger partial charge in [-0.25, -0.2) is 0 Å². The van der Waals surface area contributed by atoms with Crippen LogP contribution in [-0.4, -0.2) is 31.4 Å². The highest BCUT2D eigenvalue weighted by molar-refractivity contribution is 8.02. The molecule has 26 heavy (non-hydrogen) atoms. The van der Waals surface area contributed by atoms with Gasteiger partial charge in [-0.15, -0.1) is 22.0 Å². The Morgan fingerprint density at radius 3 is 2.69 bits per heavy atom. The molecule has 132 valence electrons. The van der Waals surface area contributed by atoms with Gasteiger partial charge in [-0.3, -0.25) is 5.32 Å². The molecule has 0 fully saturated rings. The van der Waals surface area contributed by atoms with E-state index in [0.717, 1.165) is 11.4 Å². The van der Waals surface area contributed by atoms with Crippen LogP contribution in [0.4, 0.5) is 0 Å². The molecular weight excluding hydrogens is 344 g/mol. The zero-order valence-corrected chi connectivity index (χ0v) is 15.2. The molecule has 0 saturated heterocycles. The Balaban J connectivity index is 1.63. The molecule has 0 saturated carbocycles. The predicted octanol–water partition coefficient (Wildman–Crippen LogP) is 3.69. The molecule has 2 N–H and O–H groups in total. The fraction of sp³-hybridized carbons (Fsp3) is 0.211. The third-order valence-electron chi connectivity index (χ3n) is 4.42. The number of nitrogens with zero attached hydrogens (tertiary/aromatic N) is 4. The molecule has 2 heterocycles. The van der Waals surface area contributed by atoms with Crippen molar-refractivity contribution in [2.24, 2.45) is 0 Å². The van der Waals surface area contributed by atoms with Crippen molar-refractivity contribution in [3.63, 3.8) is 0 Å². The molecular formula is C19H20N6S. The zero-order valence-electron chi connectivity index (χ0n) is 14.4. The molecule has 3 aromatic rings. The van der Waals surface area contributed by atoms with E-state index in [4.69, 9.17) is 0 Å². The molecule has 2 atom stereocenters. The van der Waals surface area contributed by atoms with Crippen LogP contribution >= 0.6 is 11.8 Å².